The van der Waals surface area contributed by atoms with Crippen molar-refractivity contribution in [3.63, 3.8) is 0 Å². The molecular weight excluding hydrogens is 704 g/mol. The molecule has 8 rings (SSSR count). The topological polar surface area (TPSA) is 71.8 Å². The van der Waals surface area contributed by atoms with E-state index in [1.165, 1.54) is 19.4 Å². The number of hydrogen-bond donors (Lipinski definition) is 0. The summed E-state index contributed by atoms with van der Waals surface area (Å²) in [5.74, 6) is 0.113. The molecule has 1 aliphatic heterocycles. The van der Waals surface area contributed by atoms with Crippen LogP contribution in [0.3, 0.4) is 0 Å². The van der Waals surface area contributed by atoms with Crippen molar-refractivity contribution in [2.24, 2.45) is 0 Å². The van der Waals surface area contributed by atoms with E-state index in [4.69, 9.17) is 18.9 Å². The van der Waals surface area contributed by atoms with Crippen LogP contribution in [0.25, 0.3) is 0 Å². The Hall–Kier alpha value is -6.19. The summed E-state index contributed by atoms with van der Waals surface area (Å²) in [7, 11) is 1.42. The summed E-state index contributed by atoms with van der Waals surface area (Å²) in [6.07, 6.45) is -4.07. The predicted molar refractivity (Wildman–Crippen MR) is 213 cm³/mol. The van der Waals surface area contributed by atoms with Crippen LogP contribution in [-0.4, -0.2) is 41.6 Å². The van der Waals surface area contributed by atoms with Gasteiger partial charge in [-0.15, -0.1) is 0 Å². The Morgan fingerprint density at radius 3 is 1.32 bits per heavy atom. The average Bonchev–Trinajstić information content (AvgIpc) is 3.58. The maximum atomic E-state index is 17.7. The number of rotatable bonds is 13. The molecule has 7 aromatic rings. The van der Waals surface area contributed by atoms with Gasteiger partial charge in [0.05, 0.1) is 13.7 Å². The molecule has 0 unspecified atom stereocenters. The zero-order valence-corrected chi connectivity index (χ0v) is 30.8. The second-order valence-corrected chi connectivity index (χ2v) is 13.6. The van der Waals surface area contributed by atoms with Gasteiger partial charge in [-0.2, -0.15) is 4.98 Å². The molecule has 0 bridgehead atoms. The number of benzene rings is 6. The van der Waals surface area contributed by atoms with Crippen molar-refractivity contribution < 1.29 is 23.3 Å². The Bertz CT molecular complexity index is 2170. The predicted octanol–water partition coefficient (Wildman–Crippen LogP) is 8.87. The molecule has 0 amide bonds. The number of nitrogens with zero attached hydrogens (tertiary/aromatic N) is 2. The van der Waals surface area contributed by atoms with Gasteiger partial charge in [0.1, 0.15) is 23.4 Å². The summed E-state index contributed by atoms with van der Waals surface area (Å²) in [6.45, 7) is -0.118. The molecule has 1 saturated heterocycles. The number of aromatic nitrogens is 2. The molecule has 7 nitrogen and oxygen atoms in total. The van der Waals surface area contributed by atoms with Crippen molar-refractivity contribution in [1.29, 1.82) is 0 Å². The molecule has 280 valence electrons. The zero-order chi connectivity index (χ0) is 38.4. The Kier molecular flexibility index (Phi) is 10.7. The van der Waals surface area contributed by atoms with Gasteiger partial charge < -0.3 is 18.9 Å². The molecule has 0 N–H and O–H groups in total. The van der Waals surface area contributed by atoms with Gasteiger partial charge in [-0.25, -0.2) is 9.18 Å². The maximum absolute atomic E-state index is 17.7. The Balaban J connectivity index is 1.29. The summed E-state index contributed by atoms with van der Waals surface area (Å²) in [6, 6.07) is 60.7. The number of ether oxygens (including phenoxy) is 4. The van der Waals surface area contributed by atoms with Crippen LogP contribution >= 0.6 is 0 Å². The highest BCUT2D eigenvalue weighted by Gasteiger charge is 2.53. The van der Waals surface area contributed by atoms with Crippen LogP contribution in [0, 0.1) is 0 Å². The van der Waals surface area contributed by atoms with Gasteiger partial charge >= 0.3 is 5.69 Å². The minimum Gasteiger partial charge on any atom is -0.481 e. The Labute approximate surface area is 325 Å². The van der Waals surface area contributed by atoms with Gasteiger partial charge in [-0.3, -0.25) is 4.57 Å². The lowest BCUT2D eigenvalue weighted by molar-refractivity contribution is -0.128. The smallest absolute Gasteiger partial charge is 0.353 e. The van der Waals surface area contributed by atoms with Gasteiger partial charge in [0.15, 0.2) is 12.4 Å². The highest BCUT2D eigenvalue weighted by atomic mass is 19.1. The number of methoxy groups -OCH3 is 1. The third kappa shape index (κ3) is 6.83. The van der Waals surface area contributed by atoms with Gasteiger partial charge in [-0.1, -0.05) is 182 Å². The highest BCUT2D eigenvalue weighted by Crippen LogP contribution is 2.47. The summed E-state index contributed by atoms with van der Waals surface area (Å²) < 4.78 is 45.3. The Morgan fingerprint density at radius 1 is 0.589 bits per heavy atom. The molecule has 1 aliphatic rings. The second-order valence-electron chi connectivity index (χ2n) is 13.6. The average molecular weight is 745 g/mol. The van der Waals surface area contributed by atoms with E-state index in [0.717, 1.165) is 37.9 Å². The van der Waals surface area contributed by atoms with Crippen LogP contribution in [-0.2, 0) is 25.4 Å². The first-order chi connectivity index (χ1) is 27.5. The monoisotopic (exact) mass is 744 g/mol. The molecule has 1 aromatic heterocycles. The van der Waals surface area contributed by atoms with Crippen molar-refractivity contribution in [2.45, 2.75) is 35.8 Å². The number of alkyl halides is 1. The standard InChI is InChI=1S/C48H41FN2O5/c1-53-42-32-33-51(46(52)50-42)45-43(49)44(56-48(38-26-14-5-15-27-38,39-28-16-6-17-29-39)40-30-18-7-19-31-40)41(55-45)34-54-47(35-20-8-2-9-21-35,36-22-10-3-11-23-36)37-24-12-4-13-25-37/h2-33,41,43-45H,34H2,1H3/t41-,43-,44-,45-/m1/s1. The third-order valence-corrected chi connectivity index (χ3v) is 10.4. The van der Waals surface area contributed by atoms with Crippen LogP contribution in [0.1, 0.15) is 39.6 Å². The maximum Gasteiger partial charge on any atom is 0.353 e. The van der Waals surface area contributed by atoms with E-state index in [2.05, 4.69) is 4.98 Å². The normalized spacial score (nSPS) is 18.4. The quantitative estimate of drug-likeness (QED) is 0.110. The van der Waals surface area contributed by atoms with Crippen molar-refractivity contribution in [1.82, 2.24) is 9.55 Å². The van der Waals surface area contributed by atoms with Gasteiger partial charge in [0, 0.05) is 12.3 Å². The summed E-state index contributed by atoms with van der Waals surface area (Å²) in [5.41, 5.74) is 1.88. The first-order valence-electron chi connectivity index (χ1n) is 18.6. The second kappa shape index (κ2) is 16.3. The van der Waals surface area contributed by atoms with Crippen LogP contribution in [0.15, 0.2) is 199 Å². The van der Waals surface area contributed by atoms with Crippen molar-refractivity contribution >= 4 is 0 Å². The molecule has 0 saturated carbocycles. The lowest BCUT2D eigenvalue weighted by atomic mass is 9.79. The minimum atomic E-state index is -1.84. The van der Waals surface area contributed by atoms with Gasteiger partial charge in [-0.05, 0) is 33.4 Å². The molecular formula is C48H41FN2O5. The van der Waals surface area contributed by atoms with Crippen LogP contribution in [0.4, 0.5) is 4.39 Å². The van der Waals surface area contributed by atoms with Crippen molar-refractivity contribution in [3.05, 3.63) is 238 Å². The van der Waals surface area contributed by atoms with E-state index in [1.807, 2.05) is 182 Å². The molecule has 6 aromatic carbocycles. The molecule has 56 heavy (non-hydrogen) atoms. The molecule has 2 heterocycles. The van der Waals surface area contributed by atoms with Crippen LogP contribution in [0.5, 0.6) is 5.88 Å². The Morgan fingerprint density at radius 2 is 0.964 bits per heavy atom. The van der Waals surface area contributed by atoms with E-state index in [0.29, 0.717) is 0 Å². The SMILES string of the molecule is COc1ccn([C@@H]2O[C@H](COC(c3ccccc3)(c3ccccc3)c3ccccc3)[C@@H](OC(c3ccccc3)(c3ccccc3)c3ccccc3)[C@H]2F)c(=O)n1. The zero-order valence-electron chi connectivity index (χ0n) is 30.8. The summed E-state index contributed by atoms with van der Waals surface area (Å²) >= 11 is 0. The minimum absolute atomic E-state index is 0.113. The molecule has 0 spiro atoms. The van der Waals surface area contributed by atoms with Gasteiger partial charge in [0.2, 0.25) is 5.88 Å². The van der Waals surface area contributed by atoms with Crippen molar-refractivity contribution in [3.8, 4) is 5.88 Å². The van der Waals surface area contributed by atoms with Crippen molar-refractivity contribution in [2.75, 3.05) is 13.7 Å². The lowest BCUT2D eigenvalue weighted by Crippen LogP contribution is -2.45. The van der Waals surface area contributed by atoms with E-state index in [-0.39, 0.29) is 12.5 Å². The number of halogens is 1. The molecule has 8 heteroatoms. The van der Waals surface area contributed by atoms with E-state index >= 15 is 4.39 Å². The van der Waals surface area contributed by atoms with Crippen LogP contribution in [0.2, 0.25) is 0 Å². The van der Waals surface area contributed by atoms with Crippen LogP contribution < -0.4 is 10.4 Å². The van der Waals surface area contributed by atoms with Gasteiger partial charge in [0.25, 0.3) is 0 Å². The number of hydrogen-bond acceptors (Lipinski definition) is 6. The summed E-state index contributed by atoms with van der Waals surface area (Å²) in [4.78, 5) is 17.4. The molecule has 0 radical (unpaired) electrons. The first-order valence-corrected chi connectivity index (χ1v) is 18.6. The fourth-order valence-electron chi connectivity index (χ4n) is 7.80. The fraction of sp³-hybridized carbons (Fsp3) is 0.167. The lowest BCUT2D eigenvalue weighted by Gasteiger charge is -2.40. The van der Waals surface area contributed by atoms with E-state index in [9.17, 15) is 4.79 Å². The highest BCUT2D eigenvalue weighted by molar-refractivity contribution is 5.49. The summed E-state index contributed by atoms with van der Waals surface area (Å²) in [5, 5.41) is 0. The fourth-order valence-corrected chi connectivity index (χ4v) is 7.80. The molecule has 0 aliphatic carbocycles. The van der Waals surface area contributed by atoms with E-state index < -0.39 is 41.5 Å². The largest absolute Gasteiger partial charge is 0.481 e. The third-order valence-electron chi connectivity index (χ3n) is 10.4. The van der Waals surface area contributed by atoms with E-state index in [1.54, 1.807) is 0 Å². The first kappa shape index (κ1) is 36.8. The molecule has 1 fully saturated rings. The molecule has 4 atom stereocenters.